The zero-order valence-corrected chi connectivity index (χ0v) is 13.2. The molecule has 0 bridgehead atoms. The van der Waals surface area contributed by atoms with E-state index in [1.807, 2.05) is 0 Å². The molecule has 1 aliphatic heterocycles. The molecule has 0 spiro atoms. The molecule has 1 heterocycles. The number of hydrogen-bond acceptors (Lipinski definition) is 3. The maximum atomic E-state index is 6.70. The van der Waals surface area contributed by atoms with Crippen molar-refractivity contribution in [2.75, 3.05) is 26.3 Å². The maximum absolute atomic E-state index is 6.70. The van der Waals surface area contributed by atoms with Crippen molar-refractivity contribution in [2.24, 2.45) is 23.5 Å². The largest absolute Gasteiger partial charge is 0.379 e. The van der Waals surface area contributed by atoms with Crippen LogP contribution in [0.4, 0.5) is 0 Å². The van der Waals surface area contributed by atoms with E-state index in [-0.39, 0.29) is 11.6 Å². The van der Waals surface area contributed by atoms with Crippen molar-refractivity contribution in [1.29, 1.82) is 0 Å². The van der Waals surface area contributed by atoms with E-state index in [9.17, 15) is 0 Å². The molecule has 3 heteroatoms. The van der Waals surface area contributed by atoms with Crippen LogP contribution in [0, 0.1) is 17.8 Å². The minimum atomic E-state index is 0.0885. The van der Waals surface area contributed by atoms with Gasteiger partial charge < -0.3 is 10.5 Å². The number of ether oxygens (including phenoxy) is 1. The third kappa shape index (κ3) is 3.50. The normalized spacial score (nSPS) is 36.2. The van der Waals surface area contributed by atoms with Gasteiger partial charge in [0.2, 0.25) is 0 Å². The fraction of sp³-hybridized carbons (Fsp3) is 1.00. The zero-order valence-electron chi connectivity index (χ0n) is 13.2. The topological polar surface area (TPSA) is 38.5 Å². The Morgan fingerprint density at radius 3 is 2.11 bits per heavy atom. The second-order valence-corrected chi connectivity index (χ2v) is 7.46. The van der Waals surface area contributed by atoms with Gasteiger partial charge in [-0.15, -0.1) is 0 Å². The predicted octanol–water partition coefficient (Wildman–Crippen LogP) is 2.50. The van der Waals surface area contributed by atoms with Crippen molar-refractivity contribution in [3.05, 3.63) is 0 Å². The van der Waals surface area contributed by atoms with Gasteiger partial charge in [-0.05, 0) is 50.9 Å². The van der Waals surface area contributed by atoms with Gasteiger partial charge in [0.25, 0.3) is 0 Å². The first-order chi connectivity index (χ1) is 8.91. The van der Waals surface area contributed by atoms with Gasteiger partial charge in [0.05, 0.1) is 13.2 Å². The average Bonchev–Trinajstić information content (AvgIpc) is 2.37. The van der Waals surface area contributed by atoms with Gasteiger partial charge in [0.15, 0.2) is 0 Å². The molecular weight excluding hydrogens is 236 g/mol. The first-order valence-electron chi connectivity index (χ1n) is 7.99. The SMILES string of the molecule is CC1CC(C)CC(C(N)C(C)(C)N2CCOCC2)C1. The highest BCUT2D eigenvalue weighted by atomic mass is 16.5. The van der Waals surface area contributed by atoms with Gasteiger partial charge in [0.1, 0.15) is 0 Å². The quantitative estimate of drug-likeness (QED) is 0.854. The molecule has 112 valence electrons. The van der Waals surface area contributed by atoms with Crippen LogP contribution in [0.5, 0.6) is 0 Å². The lowest BCUT2D eigenvalue weighted by molar-refractivity contribution is -0.0309. The monoisotopic (exact) mass is 268 g/mol. The van der Waals surface area contributed by atoms with E-state index >= 15 is 0 Å². The molecule has 0 aromatic rings. The maximum Gasteiger partial charge on any atom is 0.0594 e. The molecule has 2 fully saturated rings. The smallest absolute Gasteiger partial charge is 0.0594 e. The number of morpholine rings is 1. The Labute approximate surface area is 118 Å². The third-order valence-corrected chi connectivity index (χ3v) is 5.36. The van der Waals surface area contributed by atoms with Crippen LogP contribution in [0.3, 0.4) is 0 Å². The highest BCUT2D eigenvalue weighted by molar-refractivity contribution is 4.97. The third-order valence-electron chi connectivity index (χ3n) is 5.36. The van der Waals surface area contributed by atoms with Gasteiger partial charge in [-0.3, -0.25) is 4.90 Å². The molecule has 1 saturated carbocycles. The lowest BCUT2D eigenvalue weighted by atomic mass is 9.69. The molecule has 0 aromatic carbocycles. The summed E-state index contributed by atoms with van der Waals surface area (Å²) in [6, 6.07) is 0.274. The van der Waals surface area contributed by atoms with E-state index in [1.54, 1.807) is 0 Å². The fourth-order valence-electron chi connectivity index (χ4n) is 4.23. The summed E-state index contributed by atoms with van der Waals surface area (Å²) in [4.78, 5) is 2.53. The Kier molecular flexibility index (Phi) is 4.91. The van der Waals surface area contributed by atoms with Crippen molar-refractivity contribution >= 4 is 0 Å². The summed E-state index contributed by atoms with van der Waals surface area (Å²) in [5.41, 5.74) is 6.79. The average molecular weight is 268 g/mol. The second kappa shape index (κ2) is 6.11. The minimum absolute atomic E-state index is 0.0885. The van der Waals surface area contributed by atoms with Crippen LogP contribution in [-0.2, 0) is 4.74 Å². The van der Waals surface area contributed by atoms with Gasteiger partial charge in [-0.25, -0.2) is 0 Å². The summed E-state index contributed by atoms with van der Waals surface area (Å²) in [6.45, 7) is 13.2. The van der Waals surface area contributed by atoms with Crippen LogP contribution in [0.1, 0.15) is 47.0 Å². The summed E-state index contributed by atoms with van der Waals surface area (Å²) >= 11 is 0. The molecule has 0 amide bonds. The van der Waals surface area contributed by atoms with E-state index in [0.717, 1.165) is 38.1 Å². The summed E-state index contributed by atoms with van der Waals surface area (Å²) in [5.74, 6) is 2.34. The first-order valence-corrected chi connectivity index (χ1v) is 7.99. The molecule has 3 atom stereocenters. The van der Waals surface area contributed by atoms with Crippen LogP contribution in [0.15, 0.2) is 0 Å². The molecular formula is C16H32N2O. The Balaban J connectivity index is 2.01. The highest BCUT2D eigenvalue weighted by Gasteiger charge is 2.40. The second-order valence-electron chi connectivity index (χ2n) is 7.46. The Morgan fingerprint density at radius 1 is 1.05 bits per heavy atom. The Bertz CT molecular complexity index is 276. The summed E-state index contributed by atoms with van der Waals surface area (Å²) in [5, 5.41) is 0. The van der Waals surface area contributed by atoms with Gasteiger partial charge in [-0.1, -0.05) is 13.8 Å². The van der Waals surface area contributed by atoms with Crippen LogP contribution < -0.4 is 5.73 Å². The van der Waals surface area contributed by atoms with Gasteiger partial charge in [0, 0.05) is 24.7 Å². The molecule has 0 aromatic heterocycles. The van der Waals surface area contributed by atoms with Crippen molar-refractivity contribution in [3.63, 3.8) is 0 Å². The molecule has 0 radical (unpaired) electrons. The summed E-state index contributed by atoms with van der Waals surface area (Å²) in [6.07, 6.45) is 3.99. The number of hydrogen-bond donors (Lipinski definition) is 1. The molecule has 2 N–H and O–H groups in total. The Morgan fingerprint density at radius 2 is 1.58 bits per heavy atom. The van der Waals surface area contributed by atoms with Crippen molar-refractivity contribution in [1.82, 2.24) is 4.90 Å². The van der Waals surface area contributed by atoms with Gasteiger partial charge in [-0.2, -0.15) is 0 Å². The number of nitrogens with two attached hydrogens (primary N) is 1. The summed E-state index contributed by atoms with van der Waals surface area (Å²) < 4.78 is 5.47. The standard InChI is InChI=1S/C16H32N2O/c1-12-9-13(2)11-14(10-12)15(17)16(3,4)18-5-7-19-8-6-18/h12-15H,5-11,17H2,1-4H3. The number of rotatable bonds is 3. The van der Waals surface area contributed by atoms with E-state index in [4.69, 9.17) is 10.5 Å². The van der Waals surface area contributed by atoms with E-state index in [1.165, 1.54) is 19.3 Å². The predicted molar refractivity (Wildman–Crippen MR) is 80.1 cm³/mol. The van der Waals surface area contributed by atoms with Crippen molar-refractivity contribution in [3.8, 4) is 0 Å². The lowest BCUT2D eigenvalue weighted by Crippen LogP contribution is -2.62. The zero-order chi connectivity index (χ0) is 14.0. The van der Waals surface area contributed by atoms with E-state index in [0.29, 0.717) is 5.92 Å². The first kappa shape index (κ1) is 15.3. The molecule has 2 aliphatic rings. The molecule has 19 heavy (non-hydrogen) atoms. The molecule has 2 rings (SSSR count). The highest BCUT2D eigenvalue weighted by Crippen LogP contribution is 2.38. The molecule has 3 unspecified atom stereocenters. The van der Waals surface area contributed by atoms with E-state index in [2.05, 4.69) is 32.6 Å². The van der Waals surface area contributed by atoms with Crippen LogP contribution in [0.2, 0.25) is 0 Å². The molecule has 1 saturated heterocycles. The minimum Gasteiger partial charge on any atom is -0.379 e. The van der Waals surface area contributed by atoms with Crippen LogP contribution >= 0.6 is 0 Å². The molecule has 3 nitrogen and oxygen atoms in total. The van der Waals surface area contributed by atoms with Gasteiger partial charge >= 0.3 is 0 Å². The lowest BCUT2D eigenvalue weighted by Gasteiger charge is -2.48. The summed E-state index contributed by atoms with van der Waals surface area (Å²) in [7, 11) is 0. The van der Waals surface area contributed by atoms with Crippen molar-refractivity contribution in [2.45, 2.75) is 58.5 Å². The van der Waals surface area contributed by atoms with Crippen LogP contribution in [0.25, 0.3) is 0 Å². The van der Waals surface area contributed by atoms with E-state index < -0.39 is 0 Å². The van der Waals surface area contributed by atoms with Crippen molar-refractivity contribution < 1.29 is 4.74 Å². The molecule has 1 aliphatic carbocycles. The fourth-order valence-corrected chi connectivity index (χ4v) is 4.23. The van der Waals surface area contributed by atoms with Crippen LogP contribution in [-0.4, -0.2) is 42.8 Å². The number of nitrogens with zero attached hydrogens (tertiary/aromatic N) is 1. The Hall–Kier alpha value is -0.120.